The number of anilines is 2. The third-order valence-corrected chi connectivity index (χ3v) is 7.50. The van der Waals surface area contributed by atoms with Gasteiger partial charge in [-0.2, -0.15) is 5.10 Å². The van der Waals surface area contributed by atoms with Crippen molar-refractivity contribution in [3.8, 4) is 5.75 Å². The monoisotopic (exact) mass is 608 g/mol. The van der Waals surface area contributed by atoms with E-state index in [9.17, 15) is 4.79 Å². The van der Waals surface area contributed by atoms with Crippen LogP contribution in [0.1, 0.15) is 11.1 Å². The number of benzene rings is 3. The molecule has 0 aliphatic heterocycles. The maximum Gasteiger partial charge on any atom is 0.264 e. The van der Waals surface area contributed by atoms with E-state index in [0.29, 0.717) is 22.6 Å². The molecule has 0 fully saturated rings. The molecule has 2 aromatic heterocycles. The topological polar surface area (TPSA) is 132 Å². The number of fused-ring (bicyclic) bond motifs is 1. The minimum absolute atomic E-state index is 0.0945. The largest absolute Gasteiger partial charge is 0.488 e. The van der Waals surface area contributed by atoms with E-state index in [1.165, 1.54) is 16.0 Å². The molecular formula is C25H21BrN8O2S2. The third-order valence-electron chi connectivity index (χ3n) is 5.11. The Morgan fingerprint density at radius 2 is 1.97 bits per heavy atom. The summed E-state index contributed by atoms with van der Waals surface area (Å²) in [4.78, 5) is 16.8. The van der Waals surface area contributed by atoms with Crippen LogP contribution in [0.25, 0.3) is 10.2 Å². The van der Waals surface area contributed by atoms with E-state index in [0.717, 1.165) is 37.6 Å². The van der Waals surface area contributed by atoms with Crippen molar-refractivity contribution in [2.24, 2.45) is 5.10 Å². The fourth-order valence-electron chi connectivity index (χ4n) is 3.33. The summed E-state index contributed by atoms with van der Waals surface area (Å²) in [7, 11) is 0. The number of aromatic nitrogens is 4. The molecule has 0 unspecified atom stereocenters. The second-order valence-electron chi connectivity index (χ2n) is 7.83. The molecule has 3 aromatic carbocycles. The molecule has 0 aliphatic rings. The summed E-state index contributed by atoms with van der Waals surface area (Å²) in [5.41, 5.74) is 5.45. The molecule has 13 heteroatoms. The number of nitrogens with one attached hydrogen (secondary N) is 2. The fourth-order valence-corrected chi connectivity index (χ4v) is 5.31. The van der Waals surface area contributed by atoms with Gasteiger partial charge in [-0.15, -0.1) is 10.2 Å². The van der Waals surface area contributed by atoms with Crippen LogP contribution in [-0.4, -0.2) is 37.7 Å². The fraction of sp³-hybridized carbons (Fsp3) is 0.0800. The van der Waals surface area contributed by atoms with E-state index in [1.807, 2.05) is 72.8 Å². The van der Waals surface area contributed by atoms with Crippen LogP contribution in [0, 0.1) is 0 Å². The Morgan fingerprint density at radius 3 is 2.84 bits per heavy atom. The van der Waals surface area contributed by atoms with Crippen molar-refractivity contribution in [1.82, 2.24) is 19.9 Å². The number of carbonyl (C=O) groups is 1. The van der Waals surface area contributed by atoms with Gasteiger partial charge < -0.3 is 15.9 Å². The Kier molecular flexibility index (Phi) is 8.16. The van der Waals surface area contributed by atoms with Crippen molar-refractivity contribution in [3.05, 3.63) is 88.4 Å². The highest BCUT2D eigenvalue weighted by Crippen LogP contribution is 2.26. The third kappa shape index (κ3) is 6.49. The number of ether oxygens (including phenoxy) is 1. The Balaban J connectivity index is 1.15. The van der Waals surface area contributed by atoms with Gasteiger partial charge in [0.1, 0.15) is 12.4 Å². The predicted molar refractivity (Wildman–Crippen MR) is 155 cm³/mol. The number of thioether (sulfide) groups is 1. The van der Waals surface area contributed by atoms with Crippen LogP contribution < -0.4 is 21.3 Å². The van der Waals surface area contributed by atoms with Crippen molar-refractivity contribution in [2.45, 2.75) is 11.8 Å². The number of nitrogens with two attached hydrogens (primary N) is 1. The maximum absolute atomic E-state index is 12.4. The molecule has 0 atom stereocenters. The molecule has 0 bridgehead atoms. The molecule has 4 N–H and O–H groups in total. The van der Waals surface area contributed by atoms with Crippen LogP contribution in [-0.2, 0) is 11.4 Å². The molecule has 38 heavy (non-hydrogen) atoms. The lowest BCUT2D eigenvalue weighted by atomic mass is 10.2. The summed E-state index contributed by atoms with van der Waals surface area (Å²) in [5, 5.41) is 16.0. The summed E-state index contributed by atoms with van der Waals surface area (Å²) >= 11 is 6.04. The summed E-state index contributed by atoms with van der Waals surface area (Å²) < 4.78 is 9.22. The van der Waals surface area contributed by atoms with Gasteiger partial charge in [-0.1, -0.05) is 75.4 Å². The van der Waals surface area contributed by atoms with E-state index in [-0.39, 0.29) is 17.6 Å². The minimum atomic E-state index is -0.218. The number of nitrogens with zero attached hydrogens (tertiary/aromatic N) is 5. The Morgan fingerprint density at radius 1 is 1.13 bits per heavy atom. The molecule has 192 valence electrons. The van der Waals surface area contributed by atoms with Gasteiger partial charge in [0.2, 0.25) is 11.1 Å². The number of halogens is 1. The minimum Gasteiger partial charge on any atom is -0.488 e. The molecule has 0 radical (unpaired) electrons. The molecule has 0 saturated heterocycles. The lowest BCUT2D eigenvalue weighted by molar-refractivity contribution is -0.113. The smallest absolute Gasteiger partial charge is 0.264 e. The molecule has 0 aliphatic carbocycles. The Labute approximate surface area is 234 Å². The van der Waals surface area contributed by atoms with Crippen LogP contribution in [0.15, 0.2) is 87.5 Å². The van der Waals surface area contributed by atoms with Crippen molar-refractivity contribution < 1.29 is 9.53 Å². The van der Waals surface area contributed by atoms with Gasteiger partial charge in [0.05, 0.1) is 22.2 Å². The highest BCUT2D eigenvalue weighted by Gasteiger charge is 2.13. The molecule has 5 rings (SSSR count). The van der Waals surface area contributed by atoms with Gasteiger partial charge in [0.15, 0.2) is 5.13 Å². The number of rotatable bonds is 10. The number of thiazole rings is 1. The summed E-state index contributed by atoms with van der Waals surface area (Å²) in [6.07, 6.45) is 1.61. The van der Waals surface area contributed by atoms with Crippen LogP contribution >= 0.6 is 39.0 Å². The highest BCUT2D eigenvalue weighted by molar-refractivity contribution is 9.10. The van der Waals surface area contributed by atoms with Crippen LogP contribution in [0.2, 0.25) is 0 Å². The second-order valence-corrected chi connectivity index (χ2v) is 10.7. The van der Waals surface area contributed by atoms with Gasteiger partial charge in [-0.25, -0.2) is 15.1 Å². The average molecular weight is 610 g/mol. The number of carbonyl (C=O) groups excluding carboxylic acids is 1. The molecule has 10 nitrogen and oxygen atoms in total. The molecule has 1 amide bonds. The van der Waals surface area contributed by atoms with Crippen molar-refractivity contribution in [3.63, 3.8) is 0 Å². The standard InChI is InChI=1S/C25H21BrN8O2S2/c26-18-8-5-6-16(12-18)14-36-20-10-3-1-7-17(20)13-28-31-23-32-33-25(34(23)27)37-15-22(35)30-24-29-19-9-2-4-11-21(19)38-24/h1-13H,14-15,27H2,(H,31,32)(H,29,30,35)/b28-13+. The predicted octanol–water partition coefficient (Wildman–Crippen LogP) is 5.12. The zero-order valence-corrected chi connectivity index (χ0v) is 23.0. The van der Waals surface area contributed by atoms with Crippen molar-refractivity contribution in [1.29, 1.82) is 0 Å². The second kappa shape index (κ2) is 12.1. The quantitative estimate of drug-likeness (QED) is 0.0861. The first-order chi connectivity index (χ1) is 18.5. The first-order valence-corrected chi connectivity index (χ1v) is 13.9. The number of hydrazone groups is 1. The van der Waals surface area contributed by atoms with E-state index in [1.54, 1.807) is 6.21 Å². The molecule has 0 spiro atoms. The van der Waals surface area contributed by atoms with Crippen LogP contribution in [0.3, 0.4) is 0 Å². The normalized spacial score (nSPS) is 11.2. The van der Waals surface area contributed by atoms with Crippen LogP contribution in [0.4, 0.5) is 11.1 Å². The van der Waals surface area contributed by atoms with Crippen LogP contribution in [0.5, 0.6) is 5.75 Å². The Bertz CT molecular complexity index is 1570. The van der Waals surface area contributed by atoms with Gasteiger partial charge in [0, 0.05) is 10.0 Å². The molecule has 0 saturated carbocycles. The lowest BCUT2D eigenvalue weighted by Crippen LogP contribution is -2.16. The van der Waals surface area contributed by atoms with Gasteiger partial charge >= 0.3 is 0 Å². The summed E-state index contributed by atoms with van der Waals surface area (Å²) in [6, 6.07) is 23.2. The zero-order chi connectivity index (χ0) is 26.3. The number of hydrogen-bond acceptors (Lipinski definition) is 10. The first-order valence-electron chi connectivity index (χ1n) is 11.3. The van der Waals surface area contributed by atoms with Crippen molar-refractivity contribution >= 4 is 72.4 Å². The number of nitrogen functional groups attached to an aromatic ring is 1. The Hall–Kier alpha value is -3.94. The average Bonchev–Trinajstić information content (AvgIpc) is 3.49. The summed E-state index contributed by atoms with van der Waals surface area (Å²) in [5.74, 6) is 6.87. The van der Waals surface area contributed by atoms with Gasteiger partial charge in [-0.05, 0) is 42.0 Å². The molecular weight excluding hydrogens is 588 g/mol. The zero-order valence-electron chi connectivity index (χ0n) is 19.7. The lowest BCUT2D eigenvalue weighted by Gasteiger charge is -2.09. The van der Waals surface area contributed by atoms with E-state index in [4.69, 9.17) is 10.6 Å². The van der Waals surface area contributed by atoms with Crippen molar-refractivity contribution in [2.75, 3.05) is 22.3 Å². The first kappa shape index (κ1) is 25.7. The highest BCUT2D eigenvalue weighted by atomic mass is 79.9. The van der Waals surface area contributed by atoms with E-state index < -0.39 is 0 Å². The number of hydrogen-bond donors (Lipinski definition) is 3. The van der Waals surface area contributed by atoms with Gasteiger partial charge in [-0.3, -0.25) is 4.79 Å². The summed E-state index contributed by atoms with van der Waals surface area (Å²) in [6.45, 7) is 0.419. The SMILES string of the molecule is Nn1c(N/N=C/c2ccccc2OCc2cccc(Br)c2)nnc1SCC(=O)Nc1nc2ccccc2s1. The molecule has 2 heterocycles. The number of para-hydroxylation sites is 2. The van der Waals surface area contributed by atoms with Gasteiger partial charge in [0.25, 0.3) is 5.95 Å². The van der Waals surface area contributed by atoms with E-state index in [2.05, 4.69) is 47.0 Å². The van der Waals surface area contributed by atoms with E-state index >= 15 is 0 Å². The maximum atomic E-state index is 12.4. The number of amides is 1. The molecule has 5 aromatic rings.